The number of phenols is 1. The maximum Gasteiger partial charge on any atom is 0.150 e. The van der Waals surface area contributed by atoms with Crippen molar-refractivity contribution in [1.82, 2.24) is 10.5 Å². The molecule has 1 heterocycles. The molecular weight excluding hydrogens is 264 g/mol. The number of aromatic hydroxyl groups is 1. The second kappa shape index (κ2) is 6.24. The highest BCUT2D eigenvalue weighted by molar-refractivity contribution is 5.35. The van der Waals surface area contributed by atoms with E-state index >= 15 is 0 Å². The van der Waals surface area contributed by atoms with Crippen molar-refractivity contribution >= 4 is 0 Å². The Morgan fingerprint density at radius 2 is 1.67 bits per heavy atom. The largest absolute Gasteiger partial charge is 0.508 e. The van der Waals surface area contributed by atoms with Crippen LogP contribution in [0, 0.1) is 0 Å². The van der Waals surface area contributed by atoms with Gasteiger partial charge in [-0.15, -0.1) is 0 Å². The molecule has 0 aliphatic rings. The van der Waals surface area contributed by atoms with Crippen LogP contribution in [0.5, 0.6) is 5.75 Å². The molecule has 1 aromatic heterocycles. The van der Waals surface area contributed by atoms with Crippen LogP contribution in [-0.4, -0.2) is 10.3 Å². The number of aromatic nitrogens is 1. The van der Waals surface area contributed by atoms with Crippen LogP contribution >= 0.6 is 0 Å². The first-order valence-electron chi connectivity index (χ1n) is 6.80. The van der Waals surface area contributed by atoms with Crippen molar-refractivity contribution < 1.29 is 9.63 Å². The Bertz CT molecular complexity index is 664. The van der Waals surface area contributed by atoms with E-state index < -0.39 is 0 Å². The van der Waals surface area contributed by atoms with Crippen LogP contribution in [0.1, 0.15) is 22.9 Å². The predicted octanol–water partition coefficient (Wildman–Crippen LogP) is 3.26. The average molecular weight is 280 g/mol. The van der Waals surface area contributed by atoms with Gasteiger partial charge in [0.05, 0.1) is 18.8 Å². The fourth-order valence-electron chi connectivity index (χ4n) is 2.28. The maximum atomic E-state index is 9.45. The van der Waals surface area contributed by atoms with Gasteiger partial charge in [0.1, 0.15) is 11.5 Å². The van der Waals surface area contributed by atoms with Crippen LogP contribution in [0.4, 0.5) is 0 Å². The third-order valence-electron chi connectivity index (χ3n) is 3.33. The Balaban J connectivity index is 1.85. The zero-order chi connectivity index (χ0) is 14.5. The van der Waals surface area contributed by atoms with Gasteiger partial charge < -0.3 is 9.63 Å². The minimum absolute atomic E-state index is 0.0249. The molecule has 21 heavy (non-hydrogen) atoms. The van der Waals surface area contributed by atoms with Crippen LogP contribution in [0.15, 0.2) is 71.4 Å². The van der Waals surface area contributed by atoms with Gasteiger partial charge >= 0.3 is 0 Å². The first kappa shape index (κ1) is 13.4. The second-order valence-corrected chi connectivity index (χ2v) is 4.79. The Kier molecular flexibility index (Phi) is 3.98. The van der Waals surface area contributed by atoms with E-state index in [9.17, 15) is 5.11 Å². The zero-order valence-electron chi connectivity index (χ0n) is 11.4. The molecule has 0 saturated carbocycles. The van der Waals surface area contributed by atoms with Crippen LogP contribution in [0.2, 0.25) is 0 Å². The van der Waals surface area contributed by atoms with Gasteiger partial charge in [0.15, 0.2) is 0 Å². The number of rotatable bonds is 5. The second-order valence-electron chi connectivity index (χ2n) is 4.79. The van der Waals surface area contributed by atoms with Gasteiger partial charge in [0.25, 0.3) is 0 Å². The fraction of sp³-hybridized carbons (Fsp3) is 0.118. The highest BCUT2D eigenvalue weighted by Gasteiger charge is 2.14. The van der Waals surface area contributed by atoms with Crippen molar-refractivity contribution in [2.45, 2.75) is 12.6 Å². The molecule has 2 N–H and O–H groups in total. The molecule has 2 aromatic carbocycles. The smallest absolute Gasteiger partial charge is 0.150 e. The van der Waals surface area contributed by atoms with Crippen LogP contribution < -0.4 is 5.32 Å². The highest BCUT2D eigenvalue weighted by Crippen LogP contribution is 2.24. The Morgan fingerprint density at radius 1 is 0.952 bits per heavy atom. The summed E-state index contributed by atoms with van der Waals surface area (Å²) >= 11 is 0. The van der Waals surface area contributed by atoms with E-state index in [0.717, 1.165) is 16.9 Å². The van der Waals surface area contributed by atoms with E-state index in [1.165, 1.54) is 0 Å². The van der Waals surface area contributed by atoms with Gasteiger partial charge in [-0.05, 0) is 23.3 Å². The van der Waals surface area contributed by atoms with Crippen LogP contribution in [-0.2, 0) is 6.54 Å². The van der Waals surface area contributed by atoms with Gasteiger partial charge in [-0.3, -0.25) is 5.32 Å². The van der Waals surface area contributed by atoms with E-state index in [0.29, 0.717) is 6.54 Å². The lowest BCUT2D eigenvalue weighted by atomic mass is 9.98. The molecule has 0 spiro atoms. The number of hydrogen-bond acceptors (Lipinski definition) is 4. The van der Waals surface area contributed by atoms with E-state index in [4.69, 9.17) is 4.52 Å². The van der Waals surface area contributed by atoms with Crippen molar-refractivity contribution in [2.75, 3.05) is 0 Å². The molecule has 0 fully saturated rings. The third-order valence-corrected chi connectivity index (χ3v) is 3.33. The molecule has 1 unspecified atom stereocenters. The maximum absolute atomic E-state index is 9.45. The fourth-order valence-corrected chi connectivity index (χ4v) is 2.28. The number of hydrogen-bond donors (Lipinski definition) is 2. The SMILES string of the molecule is Oc1ccc(C(NCc2ccno2)c2ccccc2)cc1. The molecule has 3 rings (SSSR count). The number of nitrogens with zero attached hydrogens (tertiary/aromatic N) is 1. The summed E-state index contributed by atoms with van der Waals surface area (Å²) in [4.78, 5) is 0. The molecule has 0 radical (unpaired) electrons. The normalized spacial score (nSPS) is 12.2. The number of nitrogens with one attached hydrogen (secondary N) is 1. The van der Waals surface area contributed by atoms with Crippen molar-refractivity contribution in [2.24, 2.45) is 0 Å². The van der Waals surface area contributed by atoms with Crippen LogP contribution in [0.25, 0.3) is 0 Å². The van der Waals surface area contributed by atoms with E-state index in [1.807, 2.05) is 36.4 Å². The molecular formula is C17H16N2O2. The van der Waals surface area contributed by atoms with Crippen LogP contribution in [0.3, 0.4) is 0 Å². The summed E-state index contributed by atoms with van der Waals surface area (Å²) in [6, 6.07) is 19.3. The molecule has 0 bridgehead atoms. The van der Waals surface area contributed by atoms with Gasteiger partial charge in [0.2, 0.25) is 0 Å². The summed E-state index contributed by atoms with van der Waals surface area (Å²) in [5.74, 6) is 1.05. The predicted molar refractivity (Wildman–Crippen MR) is 79.7 cm³/mol. The van der Waals surface area contributed by atoms with E-state index in [1.54, 1.807) is 18.3 Å². The van der Waals surface area contributed by atoms with Gasteiger partial charge in [-0.1, -0.05) is 47.6 Å². The summed E-state index contributed by atoms with van der Waals surface area (Å²) in [5.41, 5.74) is 2.24. The summed E-state index contributed by atoms with van der Waals surface area (Å²) in [7, 11) is 0. The molecule has 0 saturated heterocycles. The van der Waals surface area contributed by atoms with Crippen molar-refractivity contribution in [3.05, 3.63) is 83.7 Å². The lowest BCUT2D eigenvalue weighted by Crippen LogP contribution is -2.21. The summed E-state index contributed by atoms with van der Waals surface area (Å²) < 4.78 is 5.12. The molecule has 4 nitrogen and oxygen atoms in total. The van der Waals surface area contributed by atoms with Crippen molar-refractivity contribution in [1.29, 1.82) is 0 Å². The molecule has 0 amide bonds. The Hall–Kier alpha value is -2.59. The molecule has 0 aliphatic carbocycles. The number of phenolic OH excluding ortho intramolecular Hbond substituents is 1. The lowest BCUT2D eigenvalue weighted by Gasteiger charge is -2.19. The molecule has 1 atom stereocenters. The van der Waals surface area contributed by atoms with Gasteiger partial charge in [-0.2, -0.15) is 0 Å². The third kappa shape index (κ3) is 3.30. The van der Waals surface area contributed by atoms with Gasteiger partial charge in [0, 0.05) is 6.07 Å². The average Bonchev–Trinajstić information content (AvgIpc) is 3.04. The first-order valence-corrected chi connectivity index (χ1v) is 6.80. The monoisotopic (exact) mass is 280 g/mol. The molecule has 0 aliphatic heterocycles. The zero-order valence-corrected chi connectivity index (χ0v) is 11.4. The molecule has 3 aromatic rings. The summed E-state index contributed by atoms with van der Waals surface area (Å²) in [6.45, 7) is 0.584. The Labute approximate surface area is 123 Å². The topological polar surface area (TPSA) is 58.3 Å². The highest BCUT2D eigenvalue weighted by atomic mass is 16.5. The quantitative estimate of drug-likeness (QED) is 0.753. The molecule has 106 valence electrons. The van der Waals surface area contributed by atoms with E-state index in [-0.39, 0.29) is 11.8 Å². The minimum atomic E-state index is 0.0249. The van der Waals surface area contributed by atoms with E-state index in [2.05, 4.69) is 22.6 Å². The summed E-state index contributed by atoms with van der Waals surface area (Å²) in [6.07, 6.45) is 1.63. The standard InChI is InChI=1S/C17H16N2O2/c20-15-8-6-14(7-9-15)17(13-4-2-1-3-5-13)18-12-16-10-11-19-21-16/h1-11,17-18,20H,12H2. The lowest BCUT2D eigenvalue weighted by molar-refractivity contribution is 0.368. The molecule has 4 heteroatoms. The number of benzene rings is 2. The summed E-state index contributed by atoms with van der Waals surface area (Å²) in [5, 5.41) is 16.6. The van der Waals surface area contributed by atoms with Crippen molar-refractivity contribution in [3.8, 4) is 5.75 Å². The first-order chi connectivity index (χ1) is 10.3. The van der Waals surface area contributed by atoms with Gasteiger partial charge in [-0.25, -0.2) is 0 Å². The minimum Gasteiger partial charge on any atom is -0.508 e. The van der Waals surface area contributed by atoms with Crippen molar-refractivity contribution in [3.63, 3.8) is 0 Å². The Morgan fingerprint density at radius 3 is 2.33 bits per heavy atom.